The van der Waals surface area contributed by atoms with Gasteiger partial charge in [-0.25, -0.2) is 13.1 Å². The third-order valence-corrected chi connectivity index (χ3v) is 4.23. The fraction of sp³-hybridized carbons (Fsp3) is 0.571. The number of sulfonamides is 1. The monoisotopic (exact) mass is 300 g/mol. The summed E-state index contributed by atoms with van der Waals surface area (Å²) in [5, 5.41) is 3.20. The molecule has 0 aliphatic carbocycles. The zero-order valence-corrected chi connectivity index (χ0v) is 13.2. The highest BCUT2D eigenvalue weighted by Gasteiger charge is 2.11. The summed E-state index contributed by atoms with van der Waals surface area (Å²) in [6, 6.07) is 7.75. The quantitative estimate of drug-likeness (QED) is 0.678. The summed E-state index contributed by atoms with van der Waals surface area (Å²) in [4.78, 5) is 0. The van der Waals surface area contributed by atoms with Gasteiger partial charge in [0.15, 0.2) is 0 Å². The second kappa shape index (κ2) is 8.24. The molecule has 1 aromatic rings. The second-order valence-corrected chi connectivity index (χ2v) is 6.84. The summed E-state index contributed by atoms with van der Waals surface area (Å²) in [5.74, 6) is 0.818. The van der Waals surface area contributed by atoms with E-state index in [9.17, 15) is 8.42 Å². The van der Waals surface area contributed by atoms with Crippen molar-refractivity contribution in [3.05, 3.63) is 29.8 Å². The molecule has 0 spiro atoms. The van der Waals surface area contributed by atoms with Crippen LogP contribution in [0.3, 0.4) is 0 Å². The van der Waals surface area contributed by atoms with Gasteiger partial charge in [-0.15, -0.1) is 0 Å². The summed E-state index contributed by atoms with van der Waals surface area (Å²) >= 11 is 0. The molecular weight excluding hydrogens is 276 g/mol. The standard InChI is InChI=1S/C14H24N2O3S/c1-12(2)15-9-6-10-20(17,18)16-11-13-7-4-5-8-14(13)19-3/h4-5,7-8,12,15-16H,6,9-11H2,1-3H3. The van der Waals surface area contributed by atoms with E-state index >= 15 is 0 Å². The third-order valence-electron chi connectivity index (χ3n) is 2.82. The van der Waals surface area contributed by atoms with Crippen molar-refractivity contribution < 1.29 is 13.2 Å². The molecule has 5 nitrogen and oxygen atoms in total. The van der Waals surface area contributed by atoms with Gasteiger partial charge < -0.3 is 10.1 Å². The molecule has 1 aromatic carbocycles. The van der Waals surface area contributed by atoms with E-state index in [1.807, 2.05) is 38.1 Å². The Morgan fingerprint density at radius 3 is 2.60 bits per heavy atom. The van der Waals surface area contributed by atoms with E-state index in [2.05, 4.69) is 10.0 Å². The van der Waals surface area contributed by atoms with Crippen LogP contribution in [0.15, 0.2) is 24.3 Å². The van der Waals surface area contributed by atoms with E-state index in [4.69, 9.17) is 4.74 Å². The number of methoxy groups -OCH3 is 1. The van der Waals surface area contributed by atoms with Crippen LogP contribution in [0.4, 0.5) is 0 Å². The highest BCUT2D eigenvalue weighted by Crippen LogP contribution is 2.16. The van der Waals surface area contributed by atoms with Gasteiger partial charge >= 0.3 is 0 Å². The molecule has 0 saturated heterocycles. The van der Waals surface area contributed by atoms with Crippen molar-refractivity contribution >= 4 is 10.0 Å². The Morgan fingerprint density at radius 2 is 1.95 bits per heavy atom. The molecule has 0 aliphatic heterocycles. The molecule has 20 heavy (non-hydrogen) atoms. The van der Waals surface area contributed by atoms with E-state index < -0.39 is 10.0 Å². The molecule has 114 valence electrons. The summed E-state index contributed by atoms with van der Waals surface area (Å²) in [6.45, 7) is 5.03. The van der Waals surface area contributed by atoms with Crippen molar-refractivity contribution in [1.29, 1.82) is 0 Å². The topological polar surface area (TPSA) is 67.4 Å². The van der Waals surface area contributed by atoms with Crippen molar-refractivity contribution in [1.82, 2.24) is 10.0 Å². The molecule has 2 N–H and O–H groups in total. The van der Waals surface area contributed by atoms with Crippen LogP contribution in [0.5, 0.6) is 5.75 Å². The zero-order valence-electron chi connectivity index (χ0n) is 12.3. The average molecular weight is 300 g/mol. The number of rotatable bonds is 9. The molecular formula is C14H24N2O3S. The molecule has 0 radical (unpaired) electrons. The summed E-state index contributed by atoms with van der Waals surface area (Å²) in [5.41, 5.74) is 0.832. The minimum Gasteiger partial charge on any atom is -0.496 e. The Labute approximate surface area is 121 Å². The van der Waals surface area contributed by atoms with Gasteiger partial charge in [-0.05, 0) is 19.0 Å². The maximum atomic E-state index is 11.9. The SMILES string of the molecule is COc1ccccc1CNS(=O)(=O)CCCNC(C)C. The molecule has 0 saturated carbocycles. The molecule has 0 aromatic heterocycles. The normalized spacial score (nSPS) is 11.8. The number of benzene rings is 1. The summed E-state index contributed by atoms with van der Waals surface area (Å²) in [6.07, 6.45) is 0.597. The maximum absolute atomic E-state index is 11.9. The minimum absolute atomic E-state index is 0.127. The summed E-state index contributed by atoms with van der Waals surface area (Å²) in [7, 11) is -1.67. The number of nitrogens with one attached hydrogen (secondary N) is 2. The van der Waals surface area contributed by atoms with Crippen LogP contribution in [0.2, 0.25) is 0 Å². The first kappa shape index (κ1) is 16.9. The molecule has 6 heteroatoms. The first-order valence-corrected chi connectivity index (χ1v) is 8.42. The predicted octanol–water partition coefficient (Wildman–Crippen LogP) is 1.50. The second-order valence-electron chi connectivity index (χ2n) is 4.91. The minimum atomic E-state index is -3.25. The molecule has 0 aliphatic rings. The molecule has 1 rings (SSSR count). The van der Waals surface area contributed by atoms with E-state index in [-0.39, 0.29) is 12.3 Å². The van der Waals surface area contributed by atoms with Gasteiger partial charge in [-0.3, -0.25) is 0 Å². The fourth-order valence-corrected chi connectivity index (χ4v) is 2.81. The van der Waals surface area contributed by atoms with Crippen LogP contribution < -0.4 is 14.8 Å². The first-order chi connectivity index (χ1) is 9.44. The first-order valence-electron chi connectivity index (χ1n) is 6.77. The lowest BCUT2D eigenvalue weighted by molar-refractivity contribution is 0.409. The van der Waals surface area contributed by atoms with Crippen LogP contribution >= 0.6 is 0 Å². The molecule has 0 bridgehead atoms. The van der Waals surface area contributed by atoms with Crippen LogP contribution in [-0.4, -0.2) is 33.9 Å². The highest BCUT2D eigenvalue weighted by molar-refractivity contribution is 7.89. The molecule has 0 amide bonds. The lowest BCUT2D eigenvalue weighted by atomic mass is 10.2. The van der Waals surface area contributed by atoms with Crippen LogP contribution in [0.1, 0.15) is 25.8 Å². The molecule has 0 unspecified atom stereocenters. The highest BCUT2D eigenvalue weighted by atomic mass is 32.2. The van der Waals surface area contributed by atoms with Gasteiger partial charge in [-0.2, -0.15) is 0 Å². The van der Waals surface area contributed by atoms with Gasteiger partial charge in [0.05, 0.1) is 12.9 Å². The predicted molar refractivity (Wildman–Crippen MR) is 81.4 cm³/mol. The number of para-hydroxylation sites is 1. The van der Waals surface area contributed by atoms with Gasteiger partial charge in [0.2, 0.25) is 10.0 Å². The molecule has 0 fully saturated rings. The fourth-order valence-electron chi connectivity index (χ4n) is 1.76. The van der Waals surface area contributed by atoms with Gasteiger partial charge in [0, 0.05) is 18.2 Å². The van der Waals surface area contributed by atoms with Gasteiger partial charge in [-0.1, -0.05) is 32.0 Å². The smallest absolute Gasteiger partial charge is 0.211 e. The van der Waals surface area contributed by atoms with Gasteiger partial charge in [0.25, 0.3) is 0 Å². The Bertz CT molecular complexity index is 501. The lowest BCUT2D eigenvalue weighted by Crippen LogP contribution is -2.30. The Hall–Kier alpha value is -1.11. The van der Waals surface area contributed by atoms with E-state index in [0.29, 0.717) is 24.8 Å². The maximum Gasteiger partial charge on any atom is 0.211 e. The van der Waals surface area contributed by atoms with Crippen molar-refractivity contribution in [3.8, 4) is 5.75 Å². The molecule has 0 atom stereocenters. The van der Waals surface area contributed by atoms with Crippen molar-refractivity contribution in [2.45, 2.75) is 32.9 Å². The number of hydrogen-bond acceptors (Lipinski definition) is 4. The van der Waals surface area contributed by atoms with E-state index in [1.165, 1.54) is 0 Å². The van der Waals surface area contributed by atoms with Crippen molar-refractivity contribution in [2.75, 3.05) is 19.4 Å². The Balaban J connectivity index is 2.43. The van der Waals surface area contributed by atoms with Crippen molar-refractivity contribution in [3.63, 3.8) is 0 Å². The summed E-state index contributed by atoms with van der Waals surface area (Å²) < 4.78 is 31.5. The zero-order chi connectivity index (χ0) is 15.0. The van der Waals surface area contributed by atoms with Crippen LogP contribution in [0.25, 0.3) is 0 Å². The number of ether oxygens (including phenoxy) is 1. The lowest BCUT2D eigenvalue weighted by Gasteiger charge is -2.11. The van der Waals surface area contributed by atoms with E-state index in [1.54, 1.807) is 7.11 Å². The number of hydrogen-bond donors (Lipinski definition) is 2. The third kappa shape index (κ3) is 6.36. The van der Waals surface area contributed by atoms with Crippen LogP contribution in [0, 0.1) is 0 Å². The largest absolute Gasteiger partial charge is 0.496 e. The Morgan fingerprint density at radius 1 is 1.25 bits per heavy atom. The van der Waals surface area contributed by atoms with E-state index in [0.717, 1.165) is 5.56 Å². The van der Waals surface area contributed by atoms with Crippen LogP contribution in [-0.2, 0) is 16.6 Å². The average Bonchev–Trinajstić information content (AvgIpc) is 2.41. The molecule has 0 heterocycles. The van der Waals surface area contributed by atoms with Gasteiger partial charge in [0.1, 0.15) is 5.75 Å². The Kier molecular flexibility index (Phi) is 6.98. The van der Waals surface area contributed by atoms with Crippen molar-refractivity contribution in [2.24, 2.45) is 0 Å².